The van der Waals surface area contributed by atoms with Crippen LogP contribution >= 0.6 is 0 Å². The van der Waals surface area contributed by atoms with Crippen LogP contribution in [0.15, 0.2) is 231 Å². The Hall–Kier alpha value is -8.21. The Labute approximate surface area is 373 Å². The molecule has 1 aliphatic carbocycles. The van der Waals surface area contributed by atoms with E-state index in [1.807, 2.05) is 0 Å². The molecule has 12 rings (SSSR count). The summed E-state index contributed by atoms with van der Waals surface area (Å²) in [6.45, 7) is 4.77. The Morgan fingerprint density at radius 2 is 0.953 bits per heavy atom. The van der Waals surface area contributed by atoms with Crippen LogP contribution in [0.4, 0.5) is 34.1 Å². The third-order valence-corrected chi connectivity index (χ3v) is 13.1. The lowest BCUT2D eigenvalue weighted by molar-refractivity contribution is 0.662. The van der Waals surface area contributed by atoms with Gasteiger partial charge in [-0.1, -0.05) is 159 Å². The molecular formula is C60H44N4. The maximum atomic E-state index is 5.64. The second kappa shape index (κ2) is 15.0. The van der Waals surface area contributed by atoms with Crippen molar-refractivity contribution in [2.24, 2.45) is 0 Å². The zero-order chi connectivity index (χ0) is 42.8. The van der Waals surface area contributed by atoms with Crippen molar-refractivity contribution in [2.75, 3.05) is 9.80 Å². The zero-order valence-corrected chi connectivity index (χ0v) is 35.7. The van der Waals surface area contributed by atoms with E-state index in [0.717, 1.165) is 62.2 Å². The van der Waals surface area contributed by atoms with Gasteiger partial charge < -0.3 is 9.80 Å². The topological polar surface area (TPSA) is 24.3 Å². The second-order valence-corrected chi connectivity index (χ2v) is 17.2. The molecule has 0 saturated carbocycles. The minimum absolute atomic E-state index is 0.335. The van der Waals surface area contributed by atoms with Crippen LogP contribution in [0.5, 0.6) is 0 Å². The summed E-state index contributed by atoms with van der Waals surface area (Å²) >= 11 is 0. The van der Waals surface area contributed by atoms with Gasteiger partial charge in [0.2, 0.25) is 0 Å². The van der Waals surface area contributed by atoms with Crippen molar-refractivity contribution in [1.82, 2.24) is 9.55 Å². The largest absolute Gasteiger partial charge is 0.310 e. The van der Waals surface area contributed by atoms with Gasteiger partial charge in [0.05, 0.1) is 16.7 Å². The number of para-hydroxylation sites is 4. The number of imidazole rings is 1. The van der Waals surface area contributed by atoms with Crippen LogP contribution in [0.25, 0.3) is 60.8 Å². The van der Waals surface area contributed by atoms with E-state index >= 15 is 0 Å². The lowest BCUT2D eigenvalue weighted by Gasteiger charge is -2.32. The molecule has 1 aliphatic rings. The second-order valence-electron chi connectivity index (χ2n) is 17.2. The summed E-state index contributed by atoms with van der Waals surface area (Å²) in [6.07, 6.45) is 0. The van der Waals surface area contributed by atoms with Gasteiger partial charge in [-0.15, -0.1) is 0 Å². The van der Waals surface area contributed by atoms with Crippen molar-refractivity contribution < 1.29 is 0 Å². The van der Waals surface area contributed by atoms with Gasteiger partial charge in [-0.05, 0) is 123 Å². The maximum Gasteiger partial charge on any atom is 0.145 e. The molecule has 4 heteroatoms. The number of nitrogens with zero attached hydrogens (tertiary/aromatic N) is 4. The van der Waals surface area contributed by atoms with Crippen LogP contribution in [-0.4, -0.2) is 9.55 Å². The zero-order valence-electron chi connectivity index (χ0n) is 35.7. The van der Waals surface area contributed by atoms with Crippen LogP contribution in [0.3, 0.4) is 0 Å². The maximum absolute atomic E-state index is 5.64. The van der Waals surface area contributed by atoms with Crippen molar-refractivity contribution in [3.05, 3.63) is 242 Å². The van der Waals surface area contributed by atoms with E-state index < -0.39 is 0 Å². The highest BCUT2D eigenvalue weighted by Gasteiger charge is 2.41. The van der Waals surface area contributed by atoms with Gasteiger partial charge in [0.25, 0.3) is 0 Å². The molecule has 1 heterocycles. The third kappa shape index (κ3) is 6.02. The number of hydrogen-bond acceptors (Lipinski definition) is 3. The first-order valence-corrected chi connectivity index (χ1v) is 22.1. The summed E-state index contributed by atoms with van der Waals surface area (Å²) < 4.78 is 2.39. The van der Waals surface area contributed by atoms with Crippen LogP contribution in [0, 0.1) is 0 Å². The van der Waals surface area contributed by atoms with Crippen molar-refractivity contribution in [2.45, 2.75) is 19.3 Å². The predicted octanol–water partition coefficient (Wildman–Crippen LogP) is 16.2. The molecule has 64 heavy (non-hydrogen) atoms. The SMILES string of the molecule is CC1(C)c2cc3ccc4ccccc4c3cc2-c2c1cc1nc(-c3ccccc3)n(-c3ccccc3)c1c2N(c1ccccc1)c1cccc(N(c2ccccc2)c2ccccc2)c1. The standard InChI is InChI=1S/C60H44N4/c1-60(2)53-37-43-36-35-41-21-18-19-34-50(41)51(43)39-52(53)56-54(60)40-55-57(64(47-30-16-7-17-31-47)59(61-55)42-22-8-3-9-23-42)58(56)63(46-28-14-6-15-29-46)49-33-20-32-48(38-49)62(44-24-10-4-11-25-44)45-26-12-5-13-27-45/h3-40H,1-2H3. The Kier molecular flexibility index (Phi) is 8.80. The van der Waals surface area contributed by atoms with E-state index in [-0.39, 0.29) is 5.41 Å². The monoisotopic (exact) mass is 820 g/mol. The van der Waals surface area contributed by atoms with Gasteiger partial charge in [-0.3, -0.25) is 4.57 Å². The minimum Gasteiger partial charge on any atom is -0.310 e. The smallest absolute Gasteiger partial charge is 0.145 e. The molecule has 10 aromatic carbocycles. The van der Waals surface area contributed by atoms with Crippen LogP contribution in [0.1, 0.15) is 25.0 Å². The van der Waals surface area contributed by atoms with Crippen molar-refractivity contribution in [1.29, 1.82) is 0 Å². The molecule has 0 unspecified atom stereocenters. The lowest BCUT2D eigenvalue weighted by atomic mass is 9.81. The number of fused-ring (bicyclic) bond motifs is 7. The summed E-state index contributed by atoms with van der Waals surface area (Å²) in [4.78, 5) is 10.5. The van der Waals surface area contributed by atoms with E-state index in [1.165, 1.54) is 43.8 Å². The van der Waals surface area contributed by atoms with Gasteiger partial charge in [0, 0.05) is 50.7 Å². The molecular weight excluding hydrogens is 777 g/mol. The minimum atomic E-state index is -0.335. The summed E-state index contributed by atoms with van der Waals surface area (Å²) in [7, 11) is 0. The van der Waals surface area contributed by atoms with Crippen molar-refractivity contribution in [3.63, 3.8) is 0 Å². The summed E-state index contributed by atoms with van der Waals surface area (Å²) in [5.41, 5.74) is 15.2. The molecule has 1 aromatic heterocycles. The Bertz CT molecular complexity index is 3470. The van der Waals surface area contributed by atoms with Crippen LogP contribution < -0.4 is 9.80 Å². The molecule has 0 radical (unpaired) electrons. The van der Waals surface area contributed by atoms with Crippen LogP contribution in [0.2, 0.25) is 0 Å². The van der Waals surface area contributed by atoms with E-state index in [4.69, 9.17) is 4.98 Å². The van der Waals surface area contributed by atoms with Gasteiger partial charge in [0.1, 0.15) is 5.82 Å². The number of anilines is 6. The molecule has 0 aliphatic heterocycles. The molecule has 0 bridgehead atoms. The van der Waals surface area contributed by atoms with Gasteiger partial charge in [-0.2, -0.15) is 0 Å². The summed E-state index contributed by atoms with van der Waals surface area (Å²) in [5, 5.41) is 4.99. The third-order valence-electron chi connectivity index (χ3n) is 13.1. The van der Waals surface area contributed by atoms with Gasteiger partial charge in [0.15, 0.2) is 0 Å². The normalized spacial score (nSPS) is 12.7. The molecule has 11 aromatic rings. The van der Waals surface area contributed by atoms with E-state index in [9.17, 15) is 0 Å². The Morgan fingerprint density at radius 3 is 1.61 bits per heavy atom. The number of aromatic nitrogens is 2. The first kappa shape index (κ1) is 37.5. The van der Waals surface area contributed by atoms with E-state index in [0.29, 0.717) is 0 Å². The lowest BCUT2D eigenvalue weighted by Crippen LogP contribution is -2.17. The molecule has 0 fully saturated rings. The Balaban J connectivity index is 1.23. The fourth-order valence-electron chi connectivity index (χ4n) is 10.1. The quantitative estimate of drug-likeness (QED) is 0.143. The fraction of sp³-hybridized carbons (Fsp3) is 0.0500. The van der Waals surface area contributed by atoms with Crippen LogP contribution in [-0.2, 0) is 5.41 Å². The molecule has 0 spiro atoms. The molecule has 304 valence electrons. The number of hydrogen-bond donors (Lipinski definition) is 0. The molecule has 0 N–H and O–H groups in total. The summed E-state index contributed by atoms with van der Waals surface area (Å²) in [6, 6.07) is 83.2. The first-order chi connectivity index (χ1) is 31.5. The predicted molar refractivity (Wildman–Crippen MR) is 268 cm³/mol. The van der Waals surface area contributed by atoms with Gasteiger partial charge >= 0.3 is 0 Å². The van der Waals surface area contributed by atoms with E-state index in [1.54, 1.807) is 0 Å². The van der Waals surface area contributed by atoms with Crippen molar-refractivity contribution in [3.8, 4) is 28.2 Å². The highest BCUT2D eigenvalue weighted by Crippen LogP contribution is 2.58. The number of benzene rings is 10. The molecule has 0 atom stereocenters. The fourth-order valence-corrected chi connectivity index (χ4v) is 10.1. The molecule has 4 nitrogen and oxygen atoms in total. The highest BCUT2D eigenvalue weighted by molar-refractivity contribution is 6.14. The summed E-state index contributed by atoms with van der Waals surface area (Å²) in [5.74, 6) is 0.898. The van der Waals surface area contributed by atoms with Crippen molar-refractivity contribution >= 4 is 66.7 Å². The average molecular weight is 821 g/mol. The van der Waals surface area contributed by atoms with Gasteiger partial charge in [-0.25, -0.2) is 4.98 Å². The average Bonchev–Trinajstić information content (AvgIpc) is 3.84. The first-order valence-electron chi connectivity index (χ1n) is 22.1. The highest BCUT2D eigenvalue weighted by atomic mass is 15.2. The Morgan fingerprint density at radius 1 is 0.422 bits per heavy atom. The van der Waals surface area contributed by atoms with E-state index in [2.05, 4.69) is 259 Å². The molecule has 0 saturated heterocycles. The molecule has 0 amide bonds. The number of rotatable bonds is 8.